The minimum absolute atomic E-state index is 0.0138. The smallest absolute Gasteiger partial charge is 0.318 e. The molecule has 1 atom stereocenters. The number of nitrogens with one attached hydrogen (secondary N) is 1. The van der Waals surface area contributed by atoms with Crippen molar-refractivity contribution in [2.24, 2.45) is 0 Å². The van der Waals surface area contributed by atoms with Gasteiger partial charge in [-0.25, -0.2) is 4.79 Å². The van der Waals surface area contributed by atoms with E-state index >= 15 is 0 Å². The number of amides is 2. The van der Waals surface area contributed by atoms with Crippen LogP contribution in [0.25, 0.3) is 0 Å². The van der Waals surface area contributed by atoms with E-state index in [1.54, 1.807) is 12.1 Å². The fourth-order valence-electron chi connectivity index (χ4n) is 3.90. The highest BCUT2D eigenvalue weighted by atomic mass is 16.6. The van der Waals surface area contributed by atoms with Crippen molar-refractivity contribution >= 4 is 17.4 Å². The topological polar surface area (TPSA) is 78.7 Å². The number of benzene rings is 2. The fraction of sp³-hybridized carbons (Fsp3) is 0.350. The Morgan fingerprint density at radius 3 is 2.44 bits per heavy atom. The lowest BCUT2D eigenvalue weighted by Crippen LogP contribution is -2.52. The Bertz CT molecular complexity index is 845. The number of anilines is 1. The molecule has 27 heavy (non-hydrogen) atoms. The zero-order valence-corrected chi connectivity index (χ0v) is 15.0. The molecule has 1 aliphatic heterocycles. The van der Waals surface area contributed by atoms with Crippen LogP contribution in [0.4, 0.5) is 16.2 Å². The van der Waals surface area contributed by atoms with Gasteiger partial charge in [0, 0.05) is 44.0 Å². The van der Waals surface area contributed by atoms with Crippen LogP contribution >= 0.6 is 0 Å². The third kappa shape index (κ3) is 3.58. The van der Waals surface area contributed by atoms with Crippen LogP contribution in [-0.4, -0.2) is 42.0 Å². The summed E-state index contributed by atoms with van der Waals surface area (Å²) in [7, 11) is 0. The maximum atomic E-state index is 12.6. The van der Waals surface area contributed by atoms with Crippen molar-refractivity contribution in [2.75, 3.05) is 31.1 Å². The van der Waals surface area contributed by atoms with E-state index in [1.807, 2.05) is 17.0 Å². The highest BCUT2D eigenvalue weighted by Gasteiger charge is 2.27. The van der Waals surface area contributed by atoms with Gasteiger partial charge in [-0.15, -0.1) is 0 Å². The summed E-state index contributed by atoms with van der Waals surface area (Å²) in [6, 6.07) is 14.9. The minimum atomic E-state index is -0.396. The molecule has 7 nitrogen and oxygen atoms in total. The van der Waals surface area contributed by atoms with E-state index in [2.05, 4.69) is 22.3 Å². The van der Waals surface area contributed by atoms with Crippen LogP contribution in [0, 0.1) is 10.1 Å². The molecule has 1 aliphatic carbocycles. The molecule has 1 N–H and O–H groups in total. The third-order valence-electron chi connectivity index (χ3n) is 5.42. The zero-order valence-electron chi connectivity index (χ0n) is 15.0. The largest absolute Gasteiger partial charge is 0.368 e. The molecule has 7 heteroatoms. The number of fused-ring (bicyclic) bond motifs is 1. The summed E-state index contributed by atoms with van der Waals surface area (Å²) in [5, 5.41) is 13.9. The number of rotatable bonds is 3. The molecule has 1 heterocycles. The normalized spacial score (nSPS) is 18.9. The first-order valence-electron chi connectivity index (χ1n) is 9.24. The number of urea groups is 1. The lowest BCUT2D eigenvalue weighted by Gasteiger charge is -2.36. The monoisotopic (exact) mass is 366 g/mol. The second-order valence-corrected chi connectivity index (χ2v) is 6.99. The molecule has 2 aromatic carbocycles. The second kappa shape index (κ2) is 7.26. The molecule has 0 radical (unpaired) electrons. The molecular weight excluding hydrogens is 344 g/mol. The lowest BCUT2D eigenvalue weighted by molar-refractivity contribution is -0.384. The van der Waals surface area contributed by atoms with E-state index < -0.39 is 4.92 Å². The van der Waals surface area contributed by atoms with E-state index in [4.69, 9.17) is 0 Å². The summed E-state index contributed by atoms with van der Waals surface area (Å²) in [4.78, 5) is 27.0. The second-order valence-electron chi connectivity index (χ2n) is 6.99. The number of nitro benzene ring substituents is 1. The van der Waals surface area contributed by atoms with Crippen LogP contribution in [0.15, 0.2) is 48.5 Å². The van der Waals surface area contributed by atoms with Crippen molar-refractivity contribution < 1.29 is 9.72 Å². The average Bonchev–Trinajstić information content (AvgIpc) is 3.11. The first-order chi connectivity index (χ1) is 13.1. The molecule has 0 spiro atoms. The Morgan fingerprint density at radius 2 is 1.74 bits per heavy atom. The maximum Gasteiger partial charge on any atom is 0.318 e. The third-order valence-corrected chi connectivity index (χ3v) is 5.42. The van der Waals surface area contributed by atoms with Crippen LogP contribution in [0.1, 0.15) is 23.6 Å². The summed E-state index contributed by atoms with van der Waals surface area (Å²) in [5.41, 5.74) is 3.60. The Labute approximate surface area is 157 Å². The molecule has 0 unspecified atom stereocenters. The SMILES string of the molecule is O=C(N[C@H]1CCc2ccccc21)N1CCN(c2ccc([N+](=O)[O-])cc2)CC1. The van der Waals surface area contributed by atoms with Gasteiger partial charge in [-0.3, -0.25) is 10.1 Å². The molecule has 2 aromatic rings. The van der Waals surface area contributed by atoms with Gasteiger partial charge >= 0.3 is 6.03 Å². The highest BCUT2D eigenvalue weighted by Crippen LogP contribution is 2.31. The summed E-state index contributed by atoms with van der Waals surface area (Å²) in [6.45, 7) is 2.70. The molecule has 140 valence electrons. The van der Waals surface area contributed by atoms with Gasteiger partial charge in [-0.1, -0.05) is 24.3 Å². The number of piperazine rings is 1. The Kier molecular flexibility index (Phi) is 4.66. The predicted octanol–water partition coefficient (Wildman–Crippen LogP) is 3.11. The summed E-state index contributed by atoms with van der Waals surface area (Å²) < 4.78 is 0. The predicted molar refractivity (Wildman–Crippen MR) is 103 cm³/mol. The highest BCUT2D eigenvalue weighted by molar-refractivity contribution is 5.75. The maximum absolute atomic E-state index is 12.6. The first-order valence-corrected chi connectivity index (χ1v) is 9.24. The van der Waals surface area contributed by atoms with E-state index in [9.17, 15) is 14.9 Å². The zero-order chi connectivity index (χ0) is 18.8. The first kappa shape index (κ1) is 17.3. The standard InChI is InChI=1S/C20H22N4O3/c25-20(21-19-10-5-15-3-1-2-4-18(15)19)23-13-11-22(12-14-23)16-6-8-17(9-7-16)24(26)27/h1-4,6-9,19H,5,10-14H2,(H,21,25)/t19-/m0/s1. The lowest BCUT2D eigenvalue weighted by atomic mass is 10.1. The van der Waals surface area contributed by atoms with Crippen LogP contribution in [0.2, 0.25) is 0 Å². The fourth-order valence-corrected chi connectivity index (χ4v) is 3.90. The molecule has 2 amide bonds. The van der Waals surface area contributed by atoms with Crippen molar-refractivity contribution in [1.29, 1.82) is 0 Å². The van der Waals surface area contributed by atoms with Crippen molar-refractivity contribution in [1.82, 2.24) is 10.2 Å². The summed E-state index contributed by atoms with van der Waals surface area (Å²) >= 11 is 0. The van der Waals surface area contributed by atoms with Gasteiger partial charge in [0.25, 0.3) is 5.69 Å². The number of aryl methyl sites for hydroxylation is 1. The number of nitro groups is 1. The molecule has 0 saturated carbocycles. The number of non-ortho nitro benzene ring substituents is 1. The van der Waals surface area contributed by atoms with Gasteiger partial charge < -0.3 is 15.1 Å². The van der Waals surface area contributed by atoms with Crippen LogP contribution in [0.5, 0.6) is 0 Å². The summed E-state index contributed by atoms with van der Waals surface area (Å²) in [5.74, 6) is 0. The molecule has 0 bridgehead atoms. The van der Waals surface area contributed by atoms with Crippen LogP contribution < -0.4 is 10.2 Å². The van der Waals surface area contributed by atoms with E-state index in [0.29, 0.717) is 26.2 Å². The van der Waals surface area contributed by atoms with E-state index in [1.165, 1.54) is 23.3 Å². The van der Waals surface area contributed by atoms with Gasteiger partial charge in [0.1, 0.15) is 0 Å². The number of carbonyl (C=O) groups is 1. The van der Waals surface area contributed by atoms with E-state index in [-0.39, 0.29) is 17.8 Å². The van der Waals surface area contributed by atoms with E-state index in [0.717, 1.165) is 18.5 Å². The number of hydrogen-bond acceptors (Lipinski definition) is 4. The molecule has 4 rings (SSSR count). The van der Waals surface area contributed by atoms with Gasteiger partial charge in [0.2, 0.25) is 0 Å². The van der Waals surface area contributed by atoms with Gasteiger partial charge in [-0.05, 0) is 36.1 Å². The molecule has 2 aliphatic rings. The van der Waals surface area contributed by atoms with Gasteiger partial charge in [-0.2, -0.15) is 0 Å². The number of hydrogen-bond donors (Lipinski definition) is 1. The molecule has 0 aromatic heterocycles. The quantitative estimate of drug-likeness (QED) is 0.669. The van der Waals surface area contributed by atoms with Crippen LogP contribution in [0.3, 0.4) is 0 Å². The minimum Gasteiger partial charge on any atom is -0.368 e. The van der Waals surface area contributed by atoms with Crippen molar-refractivity contribution in [3.05, 3.63) is 69.8 Å². The van der Waals surface area contributed by atoms with Crippen molar-refractivity contribution in [2.45, 2.75) is 18.9 Å². The van der Waals surface area contributed by atoms with Crippen molar-refractivity contribution in [3.63, 3.8) is 0 Å². The number of nitrogens with zero attached hydrogens (tertiary/aromatic N) is 3. The molecular formula is C20H22N4O3. The average molecular weight is 366 g/mol. The van der Waals surface area contributed by atoms with Gasteiger partial charge in [0.05, 0.1) is 11.0 Å². The van der Waals surface area contributed by atoms with Gasteiger partial charge in [0.15, 0.2) is 0 Å². The van der Waals surface area contributed by atoms with Crippen LogP contribution in [-0.2, 0) is 6.42 Å². The molecule has 1 saturated heterocycles. The summed E-state index contributed by atoms with van der Waals surface area (Å²) in [6.07, 6.45) is 1.96. The Hall–Kier alpha value is -3.09. The Morgan fingerprint density at radius 1 is 1.04 bits per heavy atom. The number of carbonyl (C=O) groups excluding carboxylic acids is 1. The molecule has 1 fully saturated rings. The Balaban J connectivity index is 1.32. The van der Waals surface area contributed by atoms with Crippen molar-refractivity contribution in [3.8, 4) is 0 Å².